The highest BCUT2D eigenvalue weighted by Crippen LogP contribution is 2.40. The van der Waals surface area contributed by atoms with Crippen molar-refractivity contribution in [2.75, 3.05) is 5.73 Å². The van der Waals surface area contributed by atoms with Crippen LogP contribution in [0.4, 0.5) is 5.69 Å². The molecule has 0 radical (unpaired) electrons. The third-order valence-corrected chi connectivity index (χ3v) is 4.31. The van der Waals surface area contributed by atoms with Gasteiger partial charge in [0.05, 0.1) is 6.04 Å². The Hall–Kier alpha value is -2.49. The number of benzene rings is 2. The second-order valence-electron chi connectivity index (χ2n) is 6.97. The zero-order valence-corrected chi connectivity index (χ0v) is 14.2. The number of carbonyl (C=O) groups excluding carboxylic acids is 1. The molecule has 4 nitrogen and oxygen atoms in total. The van der Waals surface area contributed by atoms with Crippen molar-refractivity contribution in [3.8, 4) is 5.75 Å². The predicted molar refractivity (Wildman–Crippen MR) is 95.8 cm³/mol. The predicted octanol–water partition coefficient (Wildman–Crippen LogP) is 3.62. The number of nitrogens with one attached hydrogen (secondary N) is 1. The third-order valence-electron chi connectivity index (χ3n) is 4.31. The van der Waals surface area contributed by atoms with Crippen molar-refractivity contribution in [1.29, 1.82) is 0 Å². The SMILES string of the molecule is CC1(C)CC(NC(=O)CCc2ccccc2)c2cc(N)ccc2O1. The van der Waals surface area contributed by atoms with E-state index in [2.05, 4.69) is 5.32 Å². The lowest BCUT2D eigenvalue weighted by Gasteiger charge is -2.38. The lowest BCUT2D eigenvalue weighted by Crippen LogP contribution is -2.41. The third kappa shape index (κ3) is 3.88. The van der Waals surface area contributed by atoms with Crippen molar-refractivity contribution >= 4 is 11.6 Å². The highest BCUT2D eigenvalue weighted by Gasteiger charge is 2.34. The van der Waals surface area contributed by atoms with Crippen LogP contribution in [0.1, 0.15) is 43.9 Å². The van der Waals surface area contributed by atoms with E-state index in [0.717, 1.165) is 24.2 Å². The van der Waals surface area contributed by atoms with Crippen LogP contribution in [-0.4, -0.2) is 11.5 Å². The highest BCUT2D eigenvalue weighted by molar-refractivity contribution is 5.77. The fraction of sp³-hybridized carbons (Fsp3) is 0.350. The Kier molecular flexibility index (Phi) is 4.47. The van der Waals surface area contributed by atoms with Gasteiger partial charge in [-0.15, -0.1) is 0 Å². The van der Waals surface area contributed by atoms with Crippen LogP contribution in [0.15, 0.2) is 48.5 Å². The van der Waals surface area contributed by atoms with E-state index in [0.29, 0.717) is 12.1 Å². The first-order valence-corrected chi connectivity index (χ1v) is 8.35. The number of hydrogen-bond donors (Lipinski definition) is 2. The number of hydrogen-bond acceptors (Lipinski definition) is 3. The van der Waals surface area contributed by atoms with Gasteiger partial charge >= 0.3 is 0 Å². The minimum absolute atomic E-state index is 0.0509. The summed E-state index contributed by atoms with van der Waals surface area (Å²) in [5.41, 5.74) is 8.40. The largest absolute Gasteiger partial charge is 0.487 e. The van der Waals surface area contributed by atoms with E-state index >= 15 is 0 Å². The monoisotopic (exact) mass is 324 g/mol. The molecule has 1 aliphatic heterocycles. The van der Waals surface area contributed by atoms with E-state index in [1.54, 1.807) is 0 Å². The maximum absolute atomic E-state index is 12.4. The second-order valence-corrected chi connectivity index (χ2v) is 6.97. The first kappa shape index (κ1) is 16.4. The van der Waals surface area contributed by atoms with Crippen LogP contribution in [0.5, 0.6) is 5.75 Å². The van der Waals surface area contributed by atoms with E-state index in [1.165, 1.54) is 5.56 Å². The van der Waals surface area contributed by atoms with E-state index < -0.39 is 0 Å². The molecule has 4 heteroatoms. The van der Waals surface area contributed by atoms with E-state index in [1.807, 2.05) is 62.4 Å². The van der Waals surface area contributed by atoms with Crippen molar-refractivity contribution in [2.45, 2.75) is 44.8 Å². The van der Waals surface area contributed by atoms with E-state index in [-0.39, 0.29) is 17.6 Å². The molecule has 1 unspecified atom stereocenters. The van der Waals surface area contributed by atoms with Crippen LogP contribution in [0.3, 0.4) is 0 Å². The molecule has 3 rings (SSSR count). The zero-order valence-electron chi connectivity index (χ0n) is 14.2. The molecular formula is C20H24N2O2. The quantitative estimate of drug-likeness (QED) is 0.844. The van der Waals surface area contributed by atoms with Crippen LogP contribution < -0.4 is 15.8 Å². The number of aryl methyl sites for hydroxylation is 1. The molecule has 0 bridgehead atoms. The average molecular weight is 324 g/mol. The van der Waals surface area contributed by atoms with E-state index in [4.69, 9.17) is 10.5 Å². The number of amides is 1. The molecule has 1 atom stereocenters. The molecule has 2 aromatic rings. The topological polar surface area (TPSA) is 64.4 Å². The van der Waals surface area contributed by atoms with Gasteiger partial charge in [-0.1, -0.05) is 30.3 Å². The Balaban J connectivity index is 1.70. The van der Waals surface area contributed by atoms with Crippen molar-refractivity contribution < 1.29 is 9.53 Å². The maximum Gasteiger partial charge on any atom is 0.220 e. The van der Waals surface area contributed by atoms with Crippen molar-refractivity contribution in [2.24, 2.45) is 0 Å². The summed E-state index contributed by atoms with van der Waals surface area (Å²) in [5, 5.41) is 3.15. The van der Waals surface area contributed by atoms with Crippen LogP contribution in [0.25, 0.3) is 0 Å². The molecule has 0 spiro atoms. The van der Waals surface area contributed by atoms with Crippen molar-refractivity contribution in [3.63, 3.8) is 0 Å². The first-order valence-electron chi connectivity index (χ1n) is 8.35. The Labute approximate surface area is 143 Å². The van der Waals surface area contributed by atoms with E-state index in [9.17, 15) is 4.79 Å². The summed E-state index contributed by atoms with van der Waals surface area (Å²) in [4.78, 5) is 12.4. The fourth-order valence-corrected chi connectivity index (χ4v) is 3.17. The van der Waals surface area contributed by atoms with Gasteiger partial charge in [0, 0.05) is 24.1 Å². The molecule has 0 aromatic heterocycles. The number of ether oxygens (including phenoxy) is 1. The van der Waals surface area contributed by atoms with Gasteiger partial charge in [0.25, 0.3) is 0 Å². The second kappa shape index (κ2) is 6.56. The maximum atomic E-state index is 12.4. The van der Waals surface area contributed by atoms with Gasteiger partial charge in [-0.05, 0) is 44.0 Å². The smallest absolute Gasteiger partial charge is 0.220 e. The highest BCUT2D eigenvalue weighted by atomic mass is 16.5. The number of nitrogens with two attached hydrogens (primary N) is 1. The molecule has 0 saturated carbocycles. The lowest BCUT2D eigenvalue weighted by atomic mass is 9.89. The van der Waals surface area contributed by atoms with Gasteiger partial charge in [-0.2, -0.15) is 0 Å². The van der Waals surface area contributed by atoms with Crippen LogP contribution >= 0.6 is 0 Å². The van der Waals surface area contributed by atoms with Crippen LogP contribution in [0, 0.1) is 0 Å². The number of rotatable bonds is 4. The number of nitrogen functional groups attached to an aromatic ring is 1. The summed E-state index contributed by atoms with van der Waals surface area (Å²) in [6.07, 6.45) is 1.93. The van der Waals surface area contributed by atoms with Gasteiger partial charge in [0.1, 0.15) is 11.4 Å². The standard InChI is InChI=1S/C20H24N2O2/c1-20(2)13-17(16-12-15(21)9-10-18(16)24-20)22-19(23)11-8-14-6-4-3-5-7-14/h3-7,9-10,12,17H,8,11,13,21H2,1-2H3,(H,22,23). The molecule has 0 fully saturated rings. The molecule has 1 heterocycles. The minimum Gasteiger partial charge on any atom is -0.487 e. The summed E-state index contributed by atoms with van der Waals surface area (Å²) in [5.74, 6) is 0.851. The van der Waals surface area contributed by atoms with Gasteiger partial charge in [0.15, 0.2) is 0 Å². The first-order chi connectivity index (χ1) is 11.4. The Bertz CT molecular complexity index is 726. The summed E-state index contributed by atoms with van der Waals surface area (Å²) < 4.78 is 6.01. The number of carbonyl (C=O) groups is 1. The molecule has 126 valence electrons. The number of anilines is 1. The molecule has 24 heavy (non-hydrogen) atoms. The summed E-state index contributed by atoms with van der Waals surface area (Å²) in [7, 11) is 0. The summed E-state index contributed by atoms with van der Waals surface area (Å²) in [6.45, 7) is 4.07. The normalized spacial score (nSPS) is 18.3. The van der Waals surface area contributed by atoms with Crippen LogP contribution in [0.2, 0.25) is 0 Å². The summed E-state index contributed by atoms with van der Waals surface area (Å²) in [6, 6.07) is 15.6. The van der Waals surface area contributed by atoms with Gasteiger partial charge in [0.2, 0.25) is 5.91 Å². The molecule has 0 saturated heterocycles. The van der Waals surface area contributed by atoms with Gasteiger partial charge < -0.3 is 15.8 Å². The molecule has 3 N–H and O–H groups in total. The lowest BCUT2D eigenvalue weighted by molar-refractivity contribution is -0.122. The number of fused-ring (bicyclic) bond motifs is 1. The Morgan fingerprint density at radius 1 is 1.25 bits per heavy atom. The molecule has 0 aliphatic carbocycles. The molecule has 1 amide bonds. The Morgan fingerprint density at radius 3 is 2.75 bits per heavy atom. The Morgan fingerprint density at radius 2 is 2.00 bits per heavy atom. The molecular weight excluding hydrogens is 300 g/mol. The minimum atomic E-state index is -0.319. The zero-order chi connectivity index (χ0) is 17.2. The van der Waals surface area contributed by atoms with Crippen molar-refractivity contribution in [1.82, 2.24) is 5.32 Å². The molecule has 1 aliphatic rings. The average Bonchev–Trinajstić information content (AvgIpc) is 2.54. The molecule has 2 aromatic carbocycles. The van der Waals surface area contributed by atoms with Crippen LogP contribution in [-0.2, 0) is 11.2 Å². The fourth-order valence-electron chi connectivity index (χ4n) is 3.17. The van der Waals surface area contributed by atoms with Crippen molar-refractivity contribution in [3.05, 3.63) is 59.7 Å². The summed E-state index contributed by atoms with van der Waals surface area (Å²) >= 11 is 0. The van der Waals surface area contributed by atoms with Gasteiger partial charge in [-0.25, -0.2) is 0 Å². The van der Waals surface area contributed by atoms with Gasteiger partial charge in [-0.3, -0.25) is 4.79 Å².